The van der Waals surface area contributed by atoms with Crippen LogP contribution in [0.4, 0.5) is 0 Å². The van der Waals surface area contributed by atoms with Gasteiger partial charge in [0.15, 0.2) is -0.565 Å². The number of aliphatic carboxylic acids is 1. The molecule has 0 heterocycles. The Hall–Kier alpha value is 1.58. The molecule has 66 valence electrons. The molecule has 0 aliphatic carbocycles. The molecule has 0 unspecified atom stereocenters. The molecule has 0 spiro atoms. The zero-order valence-corrected chi connectivity index (χ0v) is 11.6. The lowest BCUT2D eigenvalue weighted by Gasteiger charge is -2.23. The van der Waals surface area contributed by atoms with Crippen molar-refractivity contribution >= 4 is 73.7 Å². The monoisotopic (exact) mass is 497 g/mol. The Bertz CT molecular complexity index is 157. The maximum atomic E-state index is 10.3. The van der Waals surface area contributed by atoms with Crippen LogP contribution in [-0.4, -0.2) is 27.8 Å². The zero-order chi connectivity index (χ0) is 9.23. The van der Waals surface area contributed by atoms with E-state index in [1.165, 1.54) is 0 Å². The number of aliphatic hydroxyl groups excluding tert-OH is 1. The first-order valence-corrected chi connectivity index (χ1v) is 5.73. The number of nitrogens with two attached hydrogens (primary N) is 1. The summed E-state index contributed by atoms with van der Waals surface area (Å²) in [6, 6.07) is -1.22. The molecule has 4 nitrogen and oxygen atoms in total. The van der Waals surface area contributed by atoms with E-state index in [2.05, 4.69) is 0 Å². The van der Waals surface area contributed by atoms with Gasteiger partial charge in [-0.05, 0) is 0 Å². The van der Waals surface area contributed by atoms with Crippen LogP contribution in [0.15, 0.2) is 0 Å². The number of carboxylic acid groups (broad SMARTS) is 1. The Labute approximate surface area is 105 Å². The zero-order valence-electron chi connectivity index (χ0n) is 5.17. The van der Waals surface area contributed by atoms with Gasteiger partial charge in [-0.1, -0.05) is 67.8 Å². The molecular weight excluding hydrogens is 491 g/mol. The van der Waals surface area contributed by atoms with Gasteiger partial charge in [-0.3, -0.25) is 4.79 Å². The van der Waals surface area contributed by atoms with E-state index in [0.29, 0.717) is 0 Å². The van der Waals surface area contributed by atoms with Gasteiger partial charge in [0, 0.05) is 0 Å². The summed E-state index contributed by atoms with van der Waals surface area (Å²) in [6.07, 6.45) is -1.05. The minimum Gasteiger partial charge on any atom is -0.480 e. The number of carboxylic acids is 1. The van der Waals surface area contributed by atoms with E-state index < -0.39 is 17.6 Å². The molecule has 0 rings (SSSR count). The molecule has 11 heavy (non-hydrogen) atoms. The molecule has 2 atom stereocenters. The lowest BCUT2D eigenvalue weighted by molar-refractivity contribution is -0.140. The summed E-state index contributed by atoms with van der Waals surface area (Å²) in [5.74, 6) is -1.19. The van der Waals surface area contributed by atoms with E-state index in [1.54, 1.807) is 0 Å². The van der Waals surface area contributed by atoms with Crippen molar-refractivity contribution in [1.29, 1.82) is 0 Å². The van der Waals surface area contributed by atoms with Crippen LogP contribution in [0.2, 0.25) is 0 Å². The summed E-state index contributed by atoms with van der Waals surface area (Å²) in [5, 5.41) is 17.7. The summed E-state index contributed by atoms with van der Waals surface area (Å²) < 4.78 is -0.578. The maximum absolute atomic E-state index is 10.3. The first kappa shape index (κ1) is 12.6. The highest BCUT2D eigenvalue weighted by atomic mass is 127. The third-order valence-electron chi connectivity index (χ3n) is 0.961. The SMILES string of the molecule is N[C@H](C(=O)O)[C@H](O)C(I)(I)I. The van der Waals surface area contributed by atoms with E-state index in [1.807, 2.05) is 67.8 Å². The largest absolute Gasteiger partial charge is 0.480 e. The summed E-state index contributed by atoms with van der Waals surface area (Å²) in [6.45, 7) is 0. The van der Waals surface area contributed by atoms with E-state index >= 15 is 0 Å². The van der Waals surface area contributed by atoms with E-state index in [9.17, 15) is 9.90 Å². The molecule has 0 radical (unpaired) electrons. The molecule has 0 bridgehead atoms. The lowest BCUT2D eigenvalue weighted by atomic mass is 10.2. The average molecular weight is 497 g/mol. The minimum atomic E-state index is -1.22. The standard InChI is InChI=1S/C4H6I3NO3/c5-4(6,7)2(9)1(8)3(10)11/h1-2,9H,8H2,(H,10,11)/t1-,2-/m0/s1. The van der Waals surface area contributed by atoms with Gasteiger partial charge in [-0.15, -0.1) is 0 Å². The Balaban J connectivity index is 4.25. The molecule has 0 aliphatic heterocycles. The molecule has 7 heteroatoms. The van der Waals surface area contributed by atoms with Gasteiger partial charge in [-0.2, -0.15) is 0 Å². The molecule has 0 amide bonds. The topological polar surface area (TPSA) is 83.6 Å². The number of carbonyl (C=O) groups is 1. The van der Waals surface area contributed by atoms with Crippen molar-refractivity contribution in [2.75, 3.05) is 0 Å². The van der Waals surface area contributed by atoms with Crippen LogP contribution < -0.4 is 5.73 Å². The highest BCUT2D eigenvalue weighted by Gasteiger charge is 2.36. The quantitative estimate of drug-likeness (QED) is 0.397. The van der Waals surface area contributed by atoms with Gasteiger partial charge in [-0.25, -0.2) is 0 Å². The van der Waals surface area contributed by atoms with Crippen molar-refractivity contribution in [3.63, 3.8) is 0 Å². The van der Waals surface area contributed by atoms with Crippen molar-refractivity contribution in [2.45, 2.75) is 11.6 Å². The normalized spacial score (nSPS) is 17.5. The van der Waals surface area contributed by atoms with Crippen molar-refractivity contribution in [2.24, 2.45) is 5.73 Å². The molecule has 0 aromatic rings. The number of hydrogen-bond acceptors (Lipinski definition) is 3. The number of alkyl halides is 3. The average Bonchev–Trinajstić information content (AvgIpc) is 1.82. The fourth-order valence-corrected chi connectivity index (χ4v) is 1.50. The summed E-state index contributed by atoms with van der Waals surface area (Å²) >= 11 is 5.79. The molecule has 4 N–H and O–H groups in total. The van der Waals surface area contributed by atoms with Crippen LogP contribution in [0.25, 0.3) is 0 Å². The van der Waals surface area contributed by atoms with Crippen molar-refractivity contribution < 1.29 is 15.0 Å². The Morgan fingerprint density at radius 1 is 1.45 bits per heavy atom. The number of aliphatic hydroxyl groups is 1. The molecule has 0 aromatic carbocycles. The number of halogens is 3. The van der Waals surface area contributed by atoms with E-state index in [4.69, 9.17) is 10.8 Å². The second-order valence-electron chi connectivity index (χ2n) is 1.85. The third-order valence-corrected chi connectivity index (χ3v) is 2.88. The molecule has 0 fully saturated rings. The predicted octanol–water partition coefficient (Wildman–Crippen LogP) is 0.718. The van der Waals surface area contributed by atoms with Crippen LogP contribution in [0.3, 0.4) is 0 Å². The van der Waals surface area contributed by atoms with Crippen molar-refractivity contribution in [1.82, 2.24) is 0 Å². The van der Waals surface area contributed by atoms with Crippen molar-refractivity contribution in [3.8, 4) is 0 Å². The second kappa shape index (κ2) is 4.72. The fraction of sp³-hybridized carbons (Fsp3) is 0.750. The van der Waals surface area contributed by atoms with Gasteiger partial charge in [0.25, 0.3) is 0 Å². The van der Waals surface area contributed by atoms with Gasteiger partial charge < -0.3 is 15.9 Å². The summed E-state index contributed by atoms with van der Waals surface area (Å²) in [5.41, 5.74) is 5.18. The van der Waals surface area contributed by atoms with Gasteiger partial charge >= 0.3 is 5.97 Å². The smallest absolute Gasteiger partial charge is 0.323 e. The first-order valence-electron chi connectivity index (χ1n) is 2.50. The highest BCUT2D eigenvalue weighted by molar-refractivity contribution is 14.3. The maximum Gasteiger partial charge on any atom is 0.323 e. The molecule has 0 saturated carbocycles. The Kier molecular flexibility index (Phi) is 5.39. The highest BCUT2D eigenvalue weighted by Crippen LogP contribution is 2.39. The van der Waals surface area contributed by atoms with Crippen LogP contribution >= 0.6 is 67.8 Å². The first-order chi connectivity index (χ1) is 4.76. The number of rotatable bonds is 3. The lowest BCUT2D eigenvalue weighted by Crippen LogP contribution is -2.47. The number of hydrogen-bond donors (Lipinski definition) is 3. The summed E-state index contributed by atoms with van der Waals surface area (Å²) in [4.78, 5) is 10.3. The Morgan fingerprint density at radius 2 is 1.82 bits per heavy atom. The molecule has 0 saturated heterocycles. The van der Waals surface area contributed by atoms with Crippen molar-refractivity contribution in [3.05, 3.63) is 0 Å². The van der Waals surface area contributed by atoms with Crippen LogP contribution in [-0.2, 0) is 4.79 Å². The predicted molar refractivity (Wildman–Crippen MR) is 66.4 cm³/mol. The molecule has 0 aromatic heterocycles. The Morgan fingerprint density at radius 3 is 1.91 bits per heavy atom. The minimum absolute atomic E-state index is 0.578. The van der Waals surface area contributed by atoms with Crippen LogP contribution in [0.1, 0.15) is 0 Å². The van der Waals surface area contributed by atoms with Gasteiger partial charge in [0.2, 0.25) is 0 Å². The van der Waals surface area contributed by atoms with E-state index in [0.717, 1.165) is 0 Å². The third kappa shape index (κ3) is 4.38. The van der Waals surface area contributed by atoms with Crippen LogP contribution in [0.5, 0.6) is 0 Å². The molecular formula is C4H6I3NO3. The molecule has 0 aliphatic rings. The second-order valence-corrected chi connectivity index (χ2v) is 13.1. The van der Waals surface area contributed by atoms with Crippen LogP contribution in [0, 0.1) is 0 Å². The van der Waals surface area contributed by atoms with E-state index in [-0.39, 0.29) is 0 Å². The van der Waals surface area contributed by atoms with Gasteiger partial charge in [0.05, 0.1) is 0 Å². The van der Waals surface area contributed by atoms with Gasteiger partial charge in [0.1, 0.15) is 12.1 Å². The summed E-state index contributed by atoms with van der Waals surface area (Å²) in [7, 11) is 0. The fourth-order valence-electron chi connectivity index (χ4n) is 0.339.